The van der Waals surface area contributed by atoms with Crippen molar-refractivity contribution in [1.82, 2.24) is 0 Å². The molecule has 1 aliphatic rings. The van der Waals surface area contributed by atoms with E-state index in [4.69, 9.17) is 0 Å². The summed E-state index contributed by atoms with van der Waals surface area (Å²) in [5, 5.41) is 0. The van der Waals surface area contributed by atoms with Crippen molar-refractivity contribution in [3.63, 3.8) is 0 Å². The van der Waals surface area contributed by atoms with E-state index in [1.165, 1.54) is 27.8 Å². The van der Waals surface area contributed by atoms with Gasteiger partial charge >= 0.3 is 0 Å². The molecule has 0 atom stereocenters. The Morgan fingerprint density at radius 1 is 0.319 bits per heavy atom. The van der Waals surface area contributed by atoms with Crippen molar-refractivity contribution in [2.75, 3.05) is 9.80 Å². The van der Waals surface area contributed by atoms with Gasteiger partial charge in [-0.25, -0.2) is 0 Å². The van der Waals surface area contributed by atoms with Gasteiger partial charge in [0.2, 0.25) is 0 Å². The molecule has 226 valence electrons. The predicted molar refractivity (Wildman–Crippen MR) is 199 cm³/mol. The summed E-state index contributed by atoms with van der Waals surface area (Å²) >= 11 is 0. The molecule has 0 amide bonds. The summed E-state index contributed by atoms with van der Waals surface area (Å²) in [5.74, 6) is 0. The van der Waals surface area contributed by atoms with Crippen LogP contribution in [0.15, 0.2) is 182 Å². The number of hydrogen-bond donors (Lipinski definition) is 0. The van der Waals surface area contributed by atoms with Crippen LogP contribution in [0.5, 0.6) is 0 Å². The van der Waals surface area contributed by atoms with Crippen molar-refractivity contribution in [3.05, 3.63) is 193 Å². The largest absolute Gasteiger partial charge is 0.310 e. The molecule has 7 aromatic carbocycles. The molecule has 0 saturated heterocycles. The Kier molecular flexibility index (Phi) is 7.19. The van der Waals surface area contributed by atoms with Crippen LogP contribution in [0.4, 0.5) is 34.1 Å². The molecule has 0 N–H and O–H groups in total. The van der Waals surface area contributed by atoms with E-state index in [0.29, 0.717) is 0 Å². The second-order valence-corrected chi connectivity index (χ2v) is 12.7. The van der Waals surface area contributed by atoms with Crippen molar-refractivity contribution in [3.8, 4) is 22.3 Å². The van der Waals surface area contributed by atoms with E-state index in [2.05, 4.69) is 206 Å². The average Bonchev–Trinajstić information content (AvgIpc) is 3.36. The summed E-state index contributed by atoms with van der Waals surface area (Å²) in [4.78, 5) is 4.75. The lowest BCUT2D eigenvalue weighted by Gasteiger charge is -2.31. The van der Waals surface area contributed by atoms with Gasteiger partial charge in [0, 0.05) is 39.5 Å². The highest BCUT2D eigenvalue weighted by Crippen LogP contribution is 2.51. The highest BCUT2D eigenvalue weighted by Gasteiger charge is 2.35. The maximum absolute atomic E-state index is 2.41. The first-order valence-corrected chi connectivity index (χ1v) is 16.3. The molecule has 47 heavy (non-hydrogen) atoms. The lowest BCUT2D eigenvalue weighted by Crippen LogP contribution is -2.17. The summed E-state index contributed by atoms with van der Waals surface area (Å²) in [6, 6.07) is 65.5. The van der Waals surface area contributed by atoms with Crippen molar-refractivity contribution < 1.29 is 0 Å². The van der Waals surface area contributed by atoms with Gasteiger partial charge in [0.25, 0.3) is 0 Å². The zero-order valence-corrected chi connectivity index (χ0v) is 26.7. The van der Waals surface area contributed by atoms with Gasteiger partial charge in [-0.2, -0.15) is 0 Å². The second kappa shape index (κ2) is 11.8. The first-order valence-electron chi connectivity index (χ1n) is 16.3. The third-order valence-electron chi connectivity index (χ3n) is 9.39. The minimum absolute atomic E-state index is 0.0985. The molecule has 0 spiro atoms. The quantitative estimate of drug-likeness (QED) is 0.179. The Morgan fingerprint density at radius 2 is 0.766 bits per heavy atom. The monoisotopic (exact) mass is 604 g/mol. The summed E-state index contributed by atoms with van der Waals surface area (Å²) < 4.78 is 0. The third kappa shape index (κ3) is 5.18. The van der Waals surface area contributed by atoms with E-state index in [0.717, 1.165) is 39.7 Å². The summed E-state index contributed by atoms with van der Waals surface area (Å²) in [5.41, 5.74) is 14.3. The molecule has 0 heterocycles. The van der Waals surface area contributed by atoms with Crippen LogP contribution >= 0.6 is 0 Å². The van der Waals surface area contributed by atoms with Crippen LogP contribution in [0.2, 0.25) is 0 Å². The standard InChI is InChI=1S/C45H36N2/c1-45(2)43-26-16-15-25-41(43)42-28-27-38(32-44(42)45)47(37-23-13-6-14-24-37)40-30-34(33-17-7-3-8-18-33)29-39(31-40)46(35-19-9-4-10-20-35)36-21-11-5-12-22-36/h3-32H,1-2H3. The fraction of sp³-hybridized carbons (Fsp3) is 0.0667. The highest BCUT2D eigenvalue weighted by atomic mass is 15.2. The van der Waals surface area contributed by atoms with E-state index in [9.17, 15) is 0 Å². The summed E-state index contributed by atoms with van der Waals surface area (Å²) in [6.45, 7) is 4.69. The van der Waals surface area contributed by atoms with E-state index in [1.54, 1.807) is 0 Å². The molecule has 1 aliphatic carbocycles. The van der Waals surface area contributed by atoms with Gasteiger partial charge in [0.15, 0.2) is 0 Å². The Balaban J connectivity index is 1.37. The molecular formula is C45H36N2. The van der Waals surface area contributed by atoms with Crippen molar-refractivity contribution in [2.24, 2.45) is 0 Å². The molecule has 0 bridgehead atoms. The maximum Gasteiger partial charge on any atom is 0.0488 e. The number of nitrogens with zero attached hydrogens (tertiary/aromatic N) is 2. The number of benzene rings is 7. The van der Waals surface area contributed by atoms with Gasteiger partial charge in [-0.15, -0.1) is 0 Å². The molecule has 7 aromatic rings. The van der Waals surface area contributed by atoms with E-state index < -0.39 is 0 Å². The molecule has 0 radical (unpaired) electrons. The lowest BCUT2D eigenvalue weighted by molar-refractivity contribution is 0.660. The highest BCUT2D eigenvalue weighted by molar-refractivity contribution is 5.89. The Morgan fingerprint density at radius 3 is 1.32 bits per heavy atom. The molecule has 0 aromatic heterocycles. The van der Waals surface area contributed by atoms with E-state index >= 15 is 0 Å². The average molecular weight is 605 g/mol. The van der Waals surface area contributed by atoms with Gasteiger partial charge < -0.3 is 9.80 Å². The second-order valence-electron chi connectivity index (χ2n) is 12.7. The minimum atomic E-state index is -0.0985. The maximum atomic E-state index is 2.41. The van der Waals surface area contributed by atoms with Crippen LogP contribution in [0.1, 0.15) is 25.0 Å². The van der Waals surface area contributed by atoms with Gasteiger partial charge in [-0.3, -0.25) is 0 Å². The molecule has 2 nitrogen and oxygen atoms in total. The molecule has 8 rings (SSSR count). The van der Waals surface area contributed by atoms with Gasteiger partial charge in [-0.05, 0) is 100 Å². The molecule has 0 saturated carbocycles. The predicted octanol–water partition coefficient (Wildman–Crippen LogP) is 12.6. The van der Waals surface area contributed by atoms with Gasteiger partial charge in [-0.1, -0.05) is 129 Å². The Hall–Kier alpha value is -5.86. The van der Waals surface area contributed by atoms with Crippen molar-refractivity contribution in [1.29, 1.82) is 0 Å². The molecule has 0 aliphatic heterocycles. The fourth-order valence-corrected chi connectivity index (χ4v) is 7.11. The molecule has 0 fully saturated rings. The van der Waals surface area contributed by atoms with Crippen molar-refractivity contribution >= 4 is 34.1 Å². The SMILES string of the molecule is CC1(C)c2ccccc2-c2ccc(N(c3ccccc3)c3cc(-c4ccccc4)cc(N(c4ccccc4)c4ccccc4)c3)cc21. The first-order chi connectivity index (χ1) is 23.1. The van der Waals surface area contributed by atoms with E-state index in [1.807, 2.05) is 0 Å². The summed E-state index contributed by atoms with van der Waals surface area (Å²) in [6.07, 6.45) is 0. The minimum Gasteiger partial charge on any atom is -0.310 e. The van der Waals surface area contributed by atoms with E-state index in [-0.39, 0.29) is 5.41 Å². The summed E-state index contributed by atoms with van der Waals surface area (Å²) in [7, 11) is 0. The van der Waals surface area contributed by atoms with Crippen LogP contribution in [0, 0.1) is 0 Å². The van der Waals surface area contributed by atoms with Crippen LogP contribution in [0.3, 0.4) is 0 Å². The zero-order chi connectivity index (χ0) is 31.8. The van der Waals surface area contributed by atoms with Crippen molar-refractivity contribution in [2.45, 2.75) is 19.3 Å². The number of rotatable bonds is 7. The Bertz CT molecular complexity index is 2110. The normalized spacial score (nSPS) is 12.6. The number of anilines is 6. The smallest absolute Gasteiger partial charge is 0.0488 e. The number of para-hydroxylation sites is 3. The third-order valence-corrected chi connectivity index (χ3v) is 9.39. The fourth-order valence-electron chi connectivity index (χ4n) is 7.11. The van der Waals surface area contributed by atoms with Crippen LogP contribution in [-0.4, -0.2) is 0 Å². The van der Waals surface area contributed by atoms with Crippen LogP contribution < -0.4 is 9.80 Å². The lowest BCUT2D eigenvalue weighted by atomic mass is 9.82. The topological polar surface area (TPSA) is 6.48 Å². The van der Waals surface area contributed by atoms with Gasteiger partial charge in [0.05, 0.1) is 0 Å². The van der Waals surface area contributed by atoms with Crippen LogP contribution in [-0.2, 0) is 5.41 Å². The van der Waals surface area contributed by atoms with Crippen LogP contribution in [0.25, 0.3) is 22.3 Å². The Labute approximate surface area is 277 Å². The molecule has 2 heteroatoms. The molecular weight excluding hydrogens is 569 g/mol. The van der Waals surface area contributed by atoms with Gasteiger partial charge in [0.1, 0.15) is 0 Å². The first kappa shape index (κ1) is 28.6. The molecule has 0 unspecified atom stereocenters. The number of hydrogen-bond acceptors (Lipinski definition) is 2. The zero-order valence-electron chi connectivity index (χ0n) is 26.7. The number of fused-ring (bicyclic) bond motifs is 3.